The summed E-state index contributed by atoms with van der Waals surface area (Å²) in [5.74, 6) is 0.483. The standard InChI is InChI=1S/C21H27N5O4.ClH/c1-13(21(28)25-11-14-7-8-17(29-2)18(9-14)30-3)26-19(27)12-24-16-6-4-5-15(10-16)20(22)23;/h4-10,13,24H,11-12H2,1-3H3,(H3,22,23)(H,25,28)(H,26,27);1H. The first kappa shape index (κ1) is 25.6. The Morgan fingerprint density at radius 1 is 1.10 bits per heavy atom. The van der Waals surface area contributed by atoms with Crippen LogP contribution in [0.15, 0.2) is 42.5 Å². The zero-order valence-corrected chi connectivity index (χ0v) is 18.5. The van der Waals surface area contributed by atoms with Gasteiger partial charge in [-0.3, -0.25) is 15.0 Å². The van der Waals surface area contributed by atoms with Gasteiger partial charge in [-0.15, -0.1) is 12.4 Å². The average Bonchev–Trinajstić information content (AvgIpc) is 2.75. The van der Waals surface area contributed by atoms with Crippen LogP contribution in [0.5, 0.6) is 11.5 Å². The SMILES string of the molecule is COc1ccc(CNC(=O)C(C)NC(=O)CNc2cccc(C(=N)N)c2)cc1OC.Cl. The molecule has 0 saturated heterocycles. The Morgan fingerprint density at radius 2 is 1.81 bits per heavy atom. The molecular formula is C21H28ClN5O4. The number of carbonyl (C=O) groups excluding carboxylic acids is 2. The highest BCUT2D eigenvalue weighted by Crippen LogP contribution is 2.27. The number of halogens is 1. The van der Waals surface area contributed by atoms with Gasteiger partial charge >= 0.3 is 0 Å². The second kappa shape index (κ2) is 12.3. The van der Waals surface area contributed by atoms with Crippen LogP contribution in [0.25, 0.3) is 0 Å². The van der Waals surface area contributed by atoms with Gasteiger partial charge in [0.2, 0.25) is 11.8 Å². The van der Waals surface area contributed by atoms with Crippen molar-refractivity contribution < 1.29 is 19.1 Å². The van der Waals surface area contributed by atoms with Crippen LogP contribution in [0, 0.1) is 5.41 Å². The Hall–Kier alpha value is -3.46. The number of hydrogen-bond acceptors (Lipinski definition) is 6. The Labute approximate surface area is 187 Å². The van der Waals surface area contributed by atoms with Crippen LogP contribution in [0.2, 0.25) is 0 Å². The van der Waals surface area contributed by atoms with Crippen LogP contribution >= 0.6 is 12.4 Å². The maximum absolute atomic E-state index is 12.3. The van der Waals surface area contributed by atoms with Gasteiger partial charge in [0.15, 0.2) is 11.5 Å². The molecular weight excluding hydrogens is 422 g/mol. The van der Waals surface area contributed by atoms with Crippen molar-refractivity contribution in [3.8, 4) is 11.5 Å². The van der Waals surface area contributed by atoms with E-state index in [1.54, 1.807) is 57.5 Å². The van der Waals surface area contributed by atoms with Gasteiger partial charge in [0, 0.05) is 17.8 Å². The summed E-state index contributed by atoms with van der Waals surface area (Å²) in [6.45, 7) is 1.88. The van der Waals surface area contributed by atoms with E-state index >= 15 is 0 Å². The predicted molar refractivity (Wildman–Crippen MR) is 122 cm³/mol. The smallest absolute Gasteiger partial charge is 0.242 e. The van der Waals surface area contributed by atoms with Crippen LogP contribution in [0.4, 0.5) is 5.69 Å². The highest BCUT2D eigenvalue weighted by atomic mass is 35.5. The van der Waals surface area contributed by atoms with Crippen molar-refractivity contribution in [1.82, 2.24) is 10.6 Å². The topological polar surface area (TPSA) is 139 Å². The maximum atomic E-state index is 12.3. The molecule has 2 rings (SSSR count). The van der Waals surface area contributed by atoms with Crippen molar-refractivity contribution in [2.24, 2.45) is 5.73 Å². The number of hydrogen-bond donors (Lipinski definition) is 5. The molecule has 0 heterocycles. The zero-order valence-electron chi connectivity index (χ0n) is 17.7. The van der Waals surface area contributed by atoms with Gasteiger partial charge in [0.25, 0.3) is 0 Å². The minimum atomic E-state index is -0.706. The minimum Gasteiger partial charge on any atom is -0.493 e. The summed E-state index contributed by atoms with van der Waals surface area (Å²) in [7, 11) is 3.10. The third-order valence-corrected chi connectivity index (χ3v) is 4.31. The summed E-state index contributed by atoms with van der Waals surface area (Å²) < 4.78 is 10.4. The summed E-state index contributed by atoms with van der Waals surface area (Å²) in [6, 6.07) is 11.5. The molecule has 0 bridgehead atoms. The van der Waals surface area contributed by atoms with Crippen molar-refractivity contribution >= 4 is 35.7 Å². The summed E-state index contributed by atoms with van der Waals surface area (Å²) in [5.41, 5.74) is 7.51. The van der Waals surface area contributed by atoms with E-state index in [-0.39, 0.29) is 43.1 Å². The third kappa shape index (κ3) is 7.71. The molecule has 2 aromatic carbocycles. The molecule has 168 valence electrons. The summed E-state index contributed by atoms with van der Waals surface area (Å²) in [6.07, 6.45) is 0. The molecule has 0 aliphatic heterocycles. The van der Waals surface area contributed by atoms with Crippen molar-refractivity contribution in [1.29, 1.82) is 5.41 Å². The van der Waals surface area contributed by atoms with E-state index in [0.29, 0.717) is 22.7 Å². The molecule has 1 unspecified atom stereocenters. The van der Waals surface area contributed by atoms with Gasteiger partial charge in [-0.1, -0.05) is 18.2 Å². The van der Waals surface area contributed by atoms with Crippen LogP contribution in [-0.2, 0) is 16.1 Å². The largest absolute Gasteiger partial charge is 0.493 e. The number of nitrogen functional groups attached to an aromatic ring is 1. The number of amidine groups is 1. The van der Waals surface area contributed by atoms with Gasteiger partial charge in [0.05, 0.1) is 20.8 Å². The summed E-state index contributed by atoms with van der Waals surface area (Å²) in [4.78, 5) is 24.4. The zero-order chi connectivity index (χ0) is 22.1. The van der Waals surface area contributed by atoms with E-state index < -0.39 is 6.04 Å². The lowest BCUT2D eigenvalue weighted by molar-refractivity contribution is -0.127. The Kier molecular flexibility index (Phi) is 10.1. The van der Waals surface area contributed by atoms with E-state index in [2.05, 4.69) is 16.0 Å². The van der Waals surface area contributed by atoms with E-state index in [1.165, 1.54) is 0 Å². The number of ether oxygens (including phenoxy) is 2. The first-order valence-electron chi connectivity index (χ1n) is 9.30. The third-order valence-electron chi connectivity index (χ3n) is 4.31. The van der Waals surface area contributed by atoms with Crippen molar-refractivity contribution in [3.05, 3.63) is 53.6 Å². The minimum absolute atomic E-state index is 0. The van der Waals surface area contributed by atoms with Gasteiger partial charge in [-0.25, -0.2) is 0 Å². The second-order valence-corrected chi connectivity index (χ2v) is 6.54. The number of benzene rings is 2. The highest BCUT2D eigenvalue weighted by Gasteiger charge is 2.15. The molecule has 0 aliphatic rings. The van der Waals surface area contributed by atoms with E-state index in [4.69, 9.17) is 20.6 Å². The molecule has 9 nitrogen and oxygen atoms in total. The number of nitrogens with one attached hydrogen (secondary N) is 4. The number of nitrogens with two attached hydrogens (primary N) is 1. The maximum Gasteiger partial charge on any atom is 0.242 e. The molecule has 10 heteroatoms. The van der Waals surface area contributed by atoms with Crippen molar-refractivity contribution in [3.63, 3.8) is 0 Å². The molecule has 0 fully saturated rings. The van der Waals surface area contributed by atoms with Gasteiger partial charge in [0.1, 0.15) is 11.9 Å². The molecule has 2 amide bonds. The molecule has 0 aromatic heterocycles. The quantitative estimate of drug-likeness (QED) is 0.276. The number of amides is 2. The predicted octanol–water partition coefficient (Wildman–Crippen LogP) is 1.64. The molecule has 1 atom stereocenters. The Balaban J connectivity index is 0.00000480. The molecule has 31 heavy (non-hydrogen) atoms. The van der Waals surface area contributed by atoms with Crippen LogP contribution < -0.4 is 31.2 Å². The van der Waals surface area contributed by atoms with Crippen molar-refractivity contribution in [2.75, 3.05) is 26.1 Å². The number of anilines is 1. The normalized spacial score (nSPS) is 10.8. The van der Waals surface area contributed by atoms with Gasteiger partial charge in [-0.05, 0) is 36.8 Å². The Morgan fingerprint density at radius 3 is 2.45 bits per heavy atom. The lowest BCUT2D eigenvalue weighted by atomic mass is 10.2. The molecule has 2 aromatic rings. The first-order valence-corrected chi connectivity index (χ1v) is 9.30. The van der Waals surface area contributed by atoms with Crippen LogP contribution in [0.1, 0.15) is 18.1 Å². The van der Waals surface area contributed by atoms with Gasteiger partial charge in [-0.2, -0.15) is 0 Å². The van der Waals surface area contributed by atoms with Gasteiger partial charge < -0.3 is 31.2 Å². The molecule has 0 radical (unpaired) electrons. The highest BCUT2D eigenvalue weighted by molar-refractivity contribution is 5.96. The monoisotopic (exact) mass is 449 g/mol. The van der Waals surface area contributed by atoms with E-state index in [9.17, 15) is 9.59 Å². The lowest BCUT2D eigenvalue weighted by Gasteiger charge is -2.15. The fraction of sp³-hybridized carbons (Fsp3) is 0.286. The summed E-state index contributed by atoms with van der Waals surface area (Å²) in [5, 5.41) is 15.8. The molecule has 6 N–H and O–H groups in total. The fourth-order valence-corrected chi connectivity index (χ4v) is 2.67. The number of methoxy groups -OCH3 is 2. The van der Waals surface area contributed by atoms with E-state index in [0.717, 1.165) is 5.56 Å². The first-order chi connectivity index (χ1) is 14.3. The lowest BCUT2D eigenvalue weighted by Crippen LogP contribution is -2.46. The Bertz CT molecular complexity index is 922. The number of rotatable bonds is 10. The van der Waals surface area contributed by atoms with Crippen LogP contribution in [0.3, 0.4) is 0 Å². The fourth-order valence-electron chi connectivity index (χ4n) is 2.67. The van der Waals surface area contributed by atoms with Crippen LogP contribution in [-0.4, -0.2) is 44.5 Å². The number of carbonyl (C=O) groups is 2. The van der Waals surface area contributed by atoms with E-state index in [1.807, 2.05) is 6.07 Å². The molecule has 0 aliphatic carbocycles. The molecule has 0 saturated carbocycles. The summed E-state index contributed by atoms with van der Waals surface area (Å²) >= 11 is 0. The second-order valence-electron chi connectivity index (χ2n) is 6.54. The average molecular weight is 450 g/mol. The van der Waals surface area contributed by atoms with Crippen molar-refractivity contribution in [2.45, 2.75) is 19.5 Å². The molecule has 0 spiro atoms.